The molecule has 0 amide bonds. The Morgan fingerprint density at radius 3 is 2.26 bits per heavy atom. The lowest BCUT2D eigenvalue weighted by molar-refractivity contribution is -0.302. The van der Waals surface area contributed by atoms with Gasteiger partial charge in [-0.2, -0.15) is 0 Å². The van der Waals surface area contributed by atoms with Crippen LogP contribution >= 0.6 is 0 Å². The zero-order valence-electron chi connectivity index (χ0n) is 17.9. The second kappa shape index (κ2) is 11.2. The minimum Gasteiger partial charge on any atom is -0.504 e. The fourth-order valence-electron chi connectivity index (χ4n) is 3.34. The monoisotopic (exact) mass is 478 g/mol. The van der Waals surface area contributed by atoms with Crippen LogP contribution in [0, 0.1) is 0 Å². The van der Waals surface area contributed by atoms with Crippen molar-refractivity contribution >= 4 is 12.0 Å². The SMILES string of the molecule is O=C(/C=C/c1ccc(O)c(O)c1)O[C@H]1[C@@H](O)[C@@H](O)[C@H](OCCc2ccc(O)c(O)c2)O[C@@H]1CO. The maximum Gasteiger partial charge on any atom is 0.331 e. The quantitative estimate of drug-likeness (QED) is 0.155. The fraction of sp³-hybridized carbons (Fsp3) is 0.348. The summed E-state index contributed by atoms with van der Waals surface area (Å²) in [7, 11) is 0. The molecule has 0 aliphatic carbocycles. The van der Waals surface area contributed by atoms with Crippen LogP contribution in [0.4, 0.5) is 0 Å². The predicted octanol–water partition coefficient (Wildman–Crippen LogP) is 0.132. The van der Waals surface area contributed by atoms with Crippen LogP contribution in [0.25, 0.3) is 6.08 Å². The number of carbonyl (C=O) groups is 1. The van der Waals surface area contributed by atoms with Gasteiger partial charge in [-0.05, 0) is 47.9 Å². The van der Waals surface area contributed by atoms with E-state index in [4.69, 9.17) is 14.2 Å². The number of carbonyl (C=O) groups excluding carboxylic acids is 1. The molecule has 0 unspecified atom stereocenters. The van der Waals surface area contributed by atoms with Crippen molar-refractivity contribution in [1.82, 2.24) is 0 Å². The first-order valence-electron chi connectivity index (χ1n) is 10.3. The first-order chi connectivity index (χ1) is 16.2. The summed E-state index contributed by atoms with van der Waals surface area (Å²) < 4.78 is 16.1. The van der Waals surface area contributed by atoms with E-state index in [9.17, 15) is 40.5 Å². The van der Waals surface area contributed by atoms with E-state index in [2.05, 4.69) is 0 Å². The van der Waals surface area contributed by atoms with E-state index in [1.807, 2.05) is 0 Å². The van der Waals surface area contributed by atoms with E-state index in [1.165, 1.54) is 36.4 Å². The molecule has 0 saturated carbocycles. The molecule has 0 radical (unpaired) electrons. The first kappa shape index (κ1) is 25.3. The largest absolute Gasteiger partial charge is 0.504 e. The van der Waals surface area contributed by atoms with Gasteiger partial charge in [-0.15, -0.1) is 0 Å². The van der Waals surface area contributed by atoms with Crippen molar-refractivity contribution in [3.63, 3.8) is 0 Å². The molecule has 1 heterocycles. The van der Waals surface area contributed by atoms with Crippen molar-refractivity contribution in [2.45, 2.75) is 37.1 Å². The minimum absolute atomic E-state index is 0.0173. The van der Waals surface area contributed by atoms with E-state index in [0.29, 0.717) is 11.1 Å². The molecule has 1 fully saturated rings. The van der Waals surface area contributed by atoms with Gasteiger partial charge in [0.05, 0.1) is 13.2 Å². The van der Waals surface area contributed by atoms with Crippen molar-refractivity contribution in [2.24, 2.45) is 0 Å². The average Bonchev–Trinajstić information content (AvgIpc) is 2.81. The Balaban J connectivity index is 1.56. The third-order valence-electron chi connectivity index (χ3n) is 5.20. The number of aliphatic hydroxyl groups is 3. The number of ether oxygens (including phenoxy) is 3. The molecule has 184 valence electrons. The van der Waals surface area contributed by atoms with Crippen molar-refractivity contribution in [2.75, 3.05) is 13.2 Å². The first-order valence-corrected chi connectivity index (χ1v) is 10.3. The van der Waals surface area contributed by atoms with Crippen LogP contribution in [0.3, 0.4) is 0 Å². The lowest BCUT2D eigenvalue weighted by Gasteiger charge is -2.41. The third kappa shape index (κ3) is 6.16. The maximum atomic E-state index is 12.2. The highest BCUT2D eigenvalue weighted by Gasteiger charge is 2.46. The van der Waals surface area contributed by atoms with E-state index >= 15 is 0 Å². The van der Waals surface area contributed by atoms with Crippen LogP contribution in [0.1, 0.15) is 11.1 Å². The standard InChI is InChI=1S/C23H26O11/c24-11-18-22(34-19(29)6-3-12-1-4-14(25)16(27)9-12)20(30)21(31)23(33-18)32-8-7-13-2-5-15(26)17(28)10-13/h1-6,9-10,18,20-28,30-31H,7-8,11H2/b6-3+/t18-,20+,21-,22-,23-/m1/s1. The summed E-state index contributed by atoms with van der Waals surface area (Å²) in [6.07, 6.45) is -4.50. The van der Waals surface area contributed by atoms with Crippen molar-refractivity contribution < 1.29 is 54.8 Å². The van der Waals surface area contributed by atoms with Gasteiger partial charge < -0.3 is 50.0 Å². The predicted molar refractivity (Wildman–Crippen MR) is 116 cm³/mol. The Kier molecular flexibility index (Phi) is 8.31. The lowest BCUT2D eigenvalue weighted by atomic mass is 9.99. The number of esters is 1. The number of rotatable bonds is 8. The molecule has 1 aliphatic heterocycles. The van der Waals surface area contributed by atoms with E-state index in [1.54, 1.807) is 6.07 Å². The average molecular weight is 478 g/mol. The van der Waals surface area contributed by atoms with Crippen LogP contribution in [-0.4, -0.2) is 85.6 Å². The Hall–Kier alpha value is -3.35. The number of hydrogen-bond donors (Lipinski definition) is 7. The number of benzene rings is 2. The molecule has 34 heavy (non-hydrogen) atoms. The van der Waals surface area contributed by atoms with Gasteiger partial charge in [0.1, 0.15) is 18.3 Å². The smallest absolute Gasteiger partial charge is 0.331 e. The lowest BCUT2D eigenvalue weighted by Crippen LogP contribution is -2.60. The molecule has 11 heteroatoms. The van der Waals surface area contributed by atoms with Crippen LogP contribution in [0.5, 0.6) is 23.0 Å². The Labute approximate surface area is 194 Å². The summed E-state index contributed by atoms with van der Waals surface area (Å²) in [6.45, 7) is -0.619. The van der Waals surface area contributed by atoms with E-state index in [-0.39, 0.29) is 36.0 Å². The normalized spacial score (nSPS) is 24.9. The van der Waals surface area contributed by atoms with Gasteiger partial charge in [0.15, 0.2) is 35.4 Å². The van der Waals surface area contributed by atoms with Crippen molar-refractivity contribution in [1.29, 1.82) is 0 Å². The molecule has 7 N–H and O–H groups in total. The molecular formula is C23H26O11. The summed E-state index contributed by atoms with van der Waals surface area (Å²) in [5, 5.41) is 68.1. The molecule has 2 aromatic carbocycles. The van der Waals surface area contributed by atoms with Gasteiger partial charge >= 0.3 is 5.97 Å². The minimum atomic E-state index is -1.62. The number of phenolic OH excluding ortho intramolecular Hbond substituents is 4. The molecule has 11 nitrogen and oxygen atoms in total. The maximum absolute atomic E-state index is 12.2. The van der Waals surface area contributed by atoms with Crippen LogP contribution in [-0.2, 0) is 25.4 Å². The molecule has 0 aromatic heterocycles. The van der Waals surface area contributed by atoms with Crippen molar-refractivity contribution in [3.05, 3.63) is 53.6 Å². The zero-order chi connectivity index (χ0) is 24.8. The van der Waals surface area contributed by atoms with Gasteiger partial charge in [0, 0.05) is 6.08 Å². The zero-order valence-corrected chi connectivity index (χ0v) is 17.9. The number of hydrogen-bond acceptors (Lipinski definition) is 11. The highest BCUT2D eigenvalue weighted by atomic mass is 16.7. The fourth-order valence-corrected chi connectivity index (χ4v) is 3.34. The van der Waals surface area contributed by atoms with E-state index in [0.717, 1.165) is 6.08 Å². The second-order valence-electron chi connectivity index (χ2n) is 7.63. The Morgan fingerprint density at radius 1 is 0.941 bits per heavy atom. The summed E-state index contributed by atoms with van der Waals surface area (Å²) >= 11 is 0. The molecular weight excluding hydrogens is 452 g/mol. The summed E-state index contributed by atoms with van der Waals surface area (Å²) in [6, 6.07) is 8.15. The van der Waals surface area contributed by atoms with Crippen molar-refractivity contribution in [3.8, 4) is 23.0 Å². The summed E-state index contributed by atoms with van der Waals surface area (Å²) in [4.78, 5) is 12.2. The Bertz CT molecular complexity index is 1020. The molecule has 0 bridgehead atoms. The molecule has 0 spiro atoms. The number of aromatic hydroxyl groups is 4. The van der Waals surface area contributed by atoms with Gasteiger partial charge in [-0.3, -0.25) is 0 Å². The second-order valence-corrected chi connectivity index (χ2v) is 7.63. The van der Waals surface area contributed by atoms with Crippen LogP contribution < -0.4 is 0 Å². The molecule has 2 aromatic rings. The summed E-state index contributed by atoms with van der Waals surface area (Å²) in [5.74, 6) is -2.15. The molecule has 1 saturated heterocycles. The Morgan fingerprint density at radius 2 is 1.62 bits per heavy atom. The van der Waals surface area contributed by atoms with E-state index < -0.39 is 43.3 Å². The molecule has 3 rings (SSSR count). The number of phenols is 4. The third-order valence-corrected chi connectivity index (χ3v) is 5.20. The topological polar surface area (TPSA) is 186 Å². The van der Waals surface area contributed by atoms with Gasteiger partial charge in [0.25, 0.3) is 0 Å². The van der Waals surface area contributed by atoms with Gasteiger partial charge in [-0.1, -0.05) is 12.1 Å². The summed E-state index contributed by atoms with van der Waals surface area (Å²) in [5.41, 5.74) is 1.03. The highest BCUT2D eigenvalue weighted by Crippen LogP contribution is 2.28. The highest BCUT2D eigenvalue weighted by molar-refractivity contribution is 5.87. The molecule has 5 atom stereocenters. The number of aliphatic hydroxyl groups excluding tert-OH is 3. The van der Waals surface area contributed by atoms with Crippen LogP contribution in [0.15, 0.2) is 42.5 Å². The van der Waals surface area contributed by atoms with Gasteiger partial charge in [0.2, 0.25) is 0 Å². The van der Waals surface area contributed by atoms with Crippen LogP contribution in [0.2, 0.25) is 0 Å². The van der Waals surface area contributed by atoms with Gasteiger partial charge in [-0.25, -0.2) is 4.79 Å². The molecule has 1 aliphatic rings.